The zero-order chi connectivity index (χ0) is 15.7. The number of allylic oxidation sites excluding steroid dienone is 1. The molecule has 0 heterocycles. The Morgan fingerprint density at radius 1 is 1.14 bits per heavy atom. The topological polar surface area (TPSA) is 23.8 Å². The first-order valence-electron chi connectivity index (χ1n) is 7.35. The van der Waals surface area contributed by atoms with Crippen molar-refractivity contribution in [3.05, 3.63) is 69.8 Å². The maximum absolute atomic E-state index is 14.2. The lowest BCUT2D eigenvalue weighted by atomic mass is 9.87. The van der Waals surface area contributed by atoms with Crippen LogP contribution in [0, 0.1) is 23.0 Å². The second-order valence-electron chi connectivity index (χ2n) is 5.44. The van der Waals surface area contributed by atoms with Gasteiger partial charge in [-0.2, -0.15) is 5.26 Å². The minimum absolute atomic E-state index is 0.0640. The number of hydrogen-bond acceptors (Lipinski definition) is 1. The highest BCUT2D eigenvalue weighted by Crippen LogP contribution is 2.33. The van der Waals surface area contributed by atoms with E-state index in [2.05, 4.69) is 0 Å². The lowest BCUT2D eigenvalue weighted by Gasteiger charge is -2.18. The summed E-state index contributed by atoms with van der Waals surface area (Å²) in [6, 6.07) is 10.3. The molecule has 2 aromatic carbocycles. The van der Waals surface area contributed by atoms with E-state index in [0.717, 1.165) is 23.1 Å². The molecule has 0 aromatic heterocycles. The van der Waals surface area contributed by atoms with E-state index in [9.17, 15) is 8.78 Å². The normalized spacial score (nSPS) is 13.3. The predicted molar refractivity (Wildman–Crippen MR) is 83.1 cm³/mol. The predicted octanol–water partition coefficient (Wildman–Crippen LogP) is 4.89. The molecule has 0 N–H and O–H groups in total. The van der Waals surface area contributed by atoms with Crippen LogP contribution in [0.2, 0.25) is 0 Å². The molecule has 0 spiro atoms. The van der Waals surface area contributed by atoms with Crippen molar-refractivity contribution in [2.75, 3.05) is 0 Å². The zero-order valence-corrected chi connectivity index (χ0v) is 12.3. The van der Waals surface area contributed by atoms with Gasteiger partial charge in [0.25, 0.3) is 0 Å². The fourth-order valence-corrected chi connectivity index (χ4v) is 2.88. The van der Waals surface area contributed by atoms with Crippen LogP contribution in [-0.4, -0.2) is 0 Å². The van der Waals surface area contributed by atoms with Gasteiger partial charge in [0, 0.05) is 5.56 Å². The summed E-state index contributed by atoms with van der Waals surface area (Å²) in [5.74, 6) is -0.680. The highest BCUT2D eigenvalue weighted by molar-refractivity contribution is 5.85. The fourth-order valence-electron chi connectivity index (χ4n) is 2.88. The molecule has 1 aliphatic rings. The zero-order valence-electron chi connectivity index (χ0n) is 12.3. The third kappa shape index (κ3) is 2.42. The number of halogens is 2. The van der Waals surface area contributed by atoms with E-state index in [1.807, 2.05) is 25.1 Å². The maximum Gasteiger partial charge on any atom is 0.144 e. The summed E-state index contributed by atoms with van der Waals surface area (Å²) >= 11 is 0. The number of rotatable bonds is 2. The summed E-state index contributed by atoms with van der Waals surface area (Å²) in [4.78, 5) is 0. The molecule has 0 aliphatic heterocycles. The lowest BCUT2D eigenvalue weighted by molar-refractivity contribution is 0.603. The molecule has 0 saturated heterocycles. The minimum atomic E-state index is -0.447. The minimum Gasteiger partial charge on any atom is -0.206 e. The van der Waals surface area contributed by atoms with Crippen molar-refractivity contribution in [1.29, 1.82) is 5.26 Å². The monoisotopic (exact) mass is 295 g/mol. The van der Waals surface area contributed by atoms with Crippen molar-refractivity contribution in [3.8, 4) is 6.07 Å². The van der Waals surface area contributed by atoms with Crippen LogP contribution in [0.5, 0.6) is 0 Å². The van der Waals surface area contributed by atoms with Crippen molar-refractivity contribution in [3.63, 3.8) is 0 Å². The molecule has 0 radical (unpaired) electrons. The molecule has 110 valence electrons. The molecule has 0 unspecified atom stereocenters. The second kappa shape index (κ2) is 5.73. The van der Waals surface area contributed by atoms with E-state index in [4.69, 9.17) is 5.26 Å². The summed E-state index contributed by atoms with van der Waals surface area (Å²) in [6.07, 6.45) is 3.67. The Hall–Kier alpha value is -2.47. The molecular weight excluding hydrogens is 280 g/mol. The molecule has 1 nitrogen and oxygen atoms in total. The van der Waals surface area contributed by atoms with E-state index in [1.165, 1.54) is 6.07 Å². The SMILES string of the molecule is CCc1ccc(C2=Cc3ccc(C#N)c(F)c3CC2)c(F)c1. The van der Waals surface area contributed by atoms with E-state index >= 15 is 0 Å². The fraction of sp³-hybridized carbons (Fsp3) is 0.211. The van der Waals surface area contributed by atoms with Gasteiger partial charge < -0.3 is 0 Å². The summed E-state index contributed by atoms with van der Waals surface area (Å²) < 4.78 is 28.4. The molecular formula is C19H15F2N. The molecule has 22 heavy (non-hydrogen) atoms. The van der Waals surface area contributed by atoms with Gasteiger partial charge in [-0.15, -0.1) is 0 Å². The Kier molecular flexibility index (Phi) is 3.77. The Morgan fingerprint density at radius 2 is 1.95 bits per heavy atom. The van der Waals surface area contributed by atoms with Crippen LogP contribution >= 0.6 is 0 Å². The Labute approximate surface area is 128 Å². The summed E-state index contributed by atoms with van der Waals surface area (Å²) in [5, 5.41) is 8.88. The molecule has 1 aliphatic carbocycles. The van der Waals surface area contributed by atoms with Gasteiger partial charge in [0.1, 0.15) is 17.7 Å². The number of nitriles is 1. The molecule has 0 atom stereocenters. The van der Waals surface area contributed by atoms with Crippen LogP contribution in [0.15, 0.2) is 30.3 Å². The summed E-state index contributed by atoms with van der Waals surface area (Å²) in [7, 11) is 0. The number of nitrogens with zero attached hydrogens (tertiary/aromatic N) is 1. The Balaban J connectivity index is 2.05. The number of hydrogen-bond donors (Lipinski definition) is 0. The number of fused-ring (bicyclic) bond motifs is 1. The molecule has 0 saturated carbocycles. The number of aryl methyl sites for hydroxylation is 1. The first-order chi connectivity index (χ1) is 10.6. The van der Waals surface area contributed by atoms with E-state index in [-0.39, 0.29) is 11.4 Å². The average Bonchev–Trinajstić information content (AvgIpc) is 2.54. The third-order valence-corrected chi connectivity index (χ3v) is 4.16. The van der Waals surface area contributed by atoms with Crippen LogP contribution < -0.4 is 0 Å². The highest BCUT2D eigenvalue weighted by atomic mass is 19.1. The van der Waals surface area contributed by atoms with Gasteiger partial charge in [-0.1, -0.05) is 31.2 Å². The van der Waals surface area contributed by atoms with Crippen LogP contribution in [0.25, 0.3) is 11.6 Å². The van der Waals surface area contributed by atoms with Crippen molar-refractivity contribution in [2.24, 2.45) is 0 Å². The molecule has 0 amide bonds. The Morgan fingerprint density at radius 3 is 2.64 bits per heavy atom. The molecule has 2 aromatic rings. The average molecular weight is 295 g/mol. The second-order valence-corrected chi connectivity index (χ2v) is 5.44. The summed E-state index contributed by atoms with van der Waals surface area (Å²) in [6.45, 7) is 1.99. The molecule has 0 fully saturated rings. The van der Waals surface area contributed by atoms with Crippen molar-refractivity contribution in [1.82, 2.24) is 0 Å². The maximum atomic E-state index is 14.2. The first kappa shape index (κ1) is 14.5. The quantitative estimate of drug-likeness (QED) is 0.774. The van der Waals surface area contributed by atoms with Crippen LogP contribution in [0.4, 0.5) is 8.78 Å². The van der Waals surface area contributed by atoms with E-state index < -0.39 is 5.82 Å². The van der Waals surface area contributed by atoms with E-state index in [0.29, 0.717) is 24.0 Å². The largest absolute Gasteiger partial charge is 0.206 e. The van der Waals surface area contributed by atoms with Crippen LogP contribution in [0.1, 0.15) is 41.2 Å². The molecule has 0 bridgehead atoms. The number of benzene rings is 2. The van der Waals surface area contributed by atoms with Gasteiger partial charge >= 0.3 is 0 Å². The van der Waals surface area contributed by atoms with Gasteiger partial charge in [0.05, 0.1) is 5.56 Å². The van der Waals surface area contributed by atoms with Crippen molar-refractivity contribution >= 4 is 11.6 Å². The van der Waals surface area contributed by atoms with Crippen LogP contribution in [-0.2, 0) is 12.8 Å². The van der Waals surface area contributed by atoms with Crippen molar-refractivity contribution < 1.29 is 8.78 Å². The standard InChI is InChI=1S/C19H15F2N/c1-2-12-3-7-16(18(20)9-12)13-6-8-17-14(10-13)4-5-15(11-22)19(17)21/h3-5,7,9-10H,2,6,8H2,1H3. The molecule has 3 rings (SSSR count). The Bertz CT molecular complexity index is 813. The third-order valence-electron chi connectivity index (χ3n) is 4.16. The van der Waals surface area contributed by atoms with Gasteiger partial charge in [-0.3, -0.25) is 0 Å². The lowest BCUT2D eigenvalue weighted by Crippen LogP contribution is -2.05. The van der Waals surface area contributed by atoms with Gasteiger partial charge in [0.2, 0.25) is 0 Å². The van der Waals surface area contributed by atoms with Crippen molar-refractivity contribution in [2.45, 2.75) is 26.2 Å². The molecule has 3 heteroatoms. The first-order valence-corrected chi connectivity index (χ1v) is 7.35. The van der Waals surface area contributed by atoms with Gasteiger partial charge in [-0.25, -0.2) is 8.78 Å². The van der Waals surface area contributed by atoms with Crippen LogP contribution in [0.3, 0.4) is 0 Å². The summed E-state index contributed by atoms with van der Waals surface area (Å²) in [5.41, 5.74) is 3.76. The van der Waals surface area contributed by atoms with E-state index in [1.54, 1.807) is 18.2 Å². The smallest absolute Gasteiger partial charge is 0.144 e. The highest BCUT2D eigenvalue weighted by Gasteiger charge is 2.19. The van der Waals surface area contributed by atoms with Gasteiger partial charge in [0.15, 0.2) is 0 Å². The van der Waals surface area contributed by atoms with Gasteiger partial charge in [-0.05, 0) is 53.7 Å².